The van der Waals surface area contributed by atoms with Gasteiger partial charge in [0.2, 0.25) is 0 Å². The molecule has 0 amide bonds. The summed E-state index contributed by atoms with van der Waals surface area (Å²) in [6, 6.07) is 0. The van der Waals surface area contributed by atoms with Crippen LogP contribution in [0.25, 0.3) is 0 Å². The summed E-state index contributed by atoms with van der Waals surface area (Å²) in [4.78, 5) is 16.4. The molecule has 25 heteroatoms. The summed E-state index contributed by atoms with van der Waals surface area (Å²) in [6.07, 6.45) is -7.08. The number of halogens is 8. The Morgan fingerprint density at radius 1 is 0.298 bits per heavy atom. The van der Waals surface area contributed by atoms with Crippen LogP contribution in [-0.4, -0.2) is 143 Å². The largest absolute Gasteiger partial charge is 0.371 e. The van der Waals surface area contributed by atoms with Crippen molar-refractivity contribution in [2.24, 2.45) is 0 Å². The van der Waals surface area contributed by atoms with E-state index >= 15 is 0 Å². The first-order valence-corrected chi connectivity index (χ1v) is 13.3. The molecule has 0 unspecified atom stereocenters. The predicted molar refractivity (Wildman–Crippen MR) is 128 cm³/mol. The fraction of sp³-hybridized carbons (Fsp3) is 1.00. The second-order valence-corrected chi connectivity index (χ2v) is 8.51. The highest BCUT2D eigenvalue weighted by Gasteiger charge is 2.26. The SMILES string of the molecule is FCOCC(COCF)OCC(COC(COCF)COCF)OC(COC(COOF)COOF)COC(COOF)COOF. The standard InChI is InChI=1S/C22H38F8O17/c23-13-31-1-17(2-32-14-24)35-5-21(6-36-18(3-33-15-25)4-34-16-26)43-22(7-37-19(9-39-44-27)10-40-45-28)8-38-20(11-41-46-29)12-42-47-30/h17-22H,1-16H2. The van der Waals surface area contributed by atoms with Gasteiger partial charge in [-0.15, -0.1) is 0 Å². The first-order chi connectivity index (χ1) is 23.0. The maximum atomic E-state index is 12.6. The molecule has 0 saturated heterocycles. The first-order valence-electron chi connectivity index (χ1n) is 13.3. The minimum absolute atomic E-state index is 0.388. The van der Waals surface area contributed by atoms with Crippen molar-refractivity contribution in [1.29, 1.82) is 0 Å². The lowest BCUT2D eigenvalue weighted by Gasteiger charge is -2.29. The smallest absolute Gasteiger partial charge is 0.188 e. The Morgan fingerprint density at radius 2 is 0.532 bits per heavy atom. The number of hydrogen-bond acceptors (Lipinski definition) is 17. The Balaban J connectivity index is 5.96. The average molecular weight is 727 g/mol. The molecule has 0 fully saturated rings. The van der Waals surface area contributed by atoms with Crippen molar-refractivity contribution in [3.8, 4) is 0 Å². The maximum Gasteiger partial charge on any atom is 0.188 e. The van der Waals surface area contributed by atoms with Gasteiger partial charge >= 0.3 is 0 Å². The Morgan fingerprint density at radius 3 is 0.745 bits per heavy atom. The quantitative estimate of drug-likeness (QED) is 0.0519. The van der Waals surface area contributed by atoms with Crippen LogP contribution in [0.2, 0.25) is 0 Å². The summed E-state index contributed by atoms with van der Waals surface area (Å²) in [5.74, 6) is 0. The monoisotopic (exact) mass is 726 g/mol. The highest BCUT2D eigenvalue weighted by Crippen LogP contribution is 2.11. The molecule has 284 valence electrons. The van der Waals surface area contributed by atoms with E-state index in [0.29, 0.717) is 0 Å². The van der Waals surface area contributed by atoms with Gasteiger partial charge in [-0.05, 0) is 38.5 Å². The summed E-state index contributed by atoms with van der Waals surface area (Å²) in [7, 11) is 0. The molecular formula is C22H38F8O17. The zero-order chi connectivity index (χ0) is 34.8. The number of rotatable bonds is 38. The van der Waals surface area contributed by atoms with E-state index in [1.54, 1.807) is 0 Å². The molecule has 0 rings (SSSR count). The average Bonchev–Trinajstić information content (AvgIpc) is 3.09. The zero-order valence-electron chi connectivity index (χ0n) is 24.7. The van der Waals surface area contributed by atoms with Crippen LogP contribution in [0.4, 0.5) is 35.7 Å². The van der Waals surface area contributed by atoms with Crippen molar-refractivity contribution >= 4 is 0 Å². The fourth-order valence-electron chi connectivity index (χ4n) is 3.19. The zero-order valence-corrected chi connectivity index (χ0v) is 24.7. The van der Waals surface area contributed by atoms with Gasteiger partial charge in [-0.1, -0.05) is 0 Å². The van der Waals surface area contributed by atoms with Gasteiger partial charge in [0.05, 0.1) is 52.9 Å². The molecule has 0 aliphatic carbocycles. The molecule has 0 aromatic carbocycles. The molecule has 0 aliphatic rings. The lowest BCUT2D eigenvalue weighted by Crippen LogP contribution is -2.41. The highest BCUT2D eigenvalue weighted by atomic mass is 19.3. The van der Waals surface area contributed by atoms with Gasteiger partial charge in [0.25, 0.3) is 0 Å². The van der Waals surface area contributed by atoms with Crippen molar-refractivity contribution in [3.63, 3.8) is 0 Å². The summed E-state index contributed by atoms with van der Waals surface area (Å²) in [5.41, 5.74) is 0. The third-order valence-corrected chi connectivity index (χ3v) is 5.17. The summed E-state index contributed by atoms with van der Waals surface area (Å²) < 4.78 is 145. The van der Waals surface area contributed by atoms with Crippen molar-refractivity contribution in [2.75, 3.05) is 107 Å². The van der Waals surface area contributed by atoms with Gasteiger partial charge < -0.3 is 42.6 Å². The second kappa shape index (κ2) is 34.6. The fourth-order valence-corrected chi connectivity index (χ4v) is 3.19. The third-order valence-electron chi connectivity index (χ3n) is 5.17. The summed E-state index contributed by atoms with van der Waals surface area (Å²) in [6.45, 7) is -11.0. The normalized spacial score (nSPS) is 12.4. The molecule has 0 aliphatic heterocycles. The van der Waals surface area contributed by atoms with Crippen LogP contribution >= 0.6 is 0 Å². The van der Waals surface area contributed by atoms with Crippen LogP contribution in [0.5, 0.6) is 0 Å². The van der Waals surface area contributed by atoms with Gasteiger partial charge in [0.1, 0.15) is 63.1 Å². The van der Waals surface area contributed by atoms with Crippen molar-refractivity contribution in [3.05, 3.63) is 0 Å². The topological polar surface area (TPSA) is 157 Å². The maximum absolute atomic E-state index is 12.6. The Bertz CT molecular complexity index is 518. The molecule has 0 aromatic heterocycles. The van der Waals surface area contributed by atoms with Crippen molar-refractivity contribution in [1.82, 2.24) is 0 Å². The van der Waals surface area contributed by atoms with Crippen molar-refractivity contribution < 1.29 is 118 Å². The Hall–Kier alpha value is -1.24. The molecule has 0 bridgehead atoms. The molecular weight excluding hydrogens is 688 g/mol. The molecule has 47 heavy (non-hydrogen) atoms. The molecule has 0 spiro atoms. The van der Waals surface area contributed by atoms with E-state index in [2.05, 4.69) is 58.9 Å². The van der Waals surface area contributed by atoms with Gasteiger partial charge in [-0.25, -0.2) is 17.6 Å². The van der Waals surface area contributed by atoms with Gasteiger partial charge in [0, 0.05) is 0 Å². The van der Waals surface area contributed by atoms with Crippen molar-refractivity contribution in [2.45, 2.75) is 36.6 Å². The Kier molecular flexibility index (Phi) is 33.7. The van der Waals surface area contributed by atoms with E-state index in [1.165, 1.54) is 0 Å². The van der Waals surface area contributed by atoms with Crippen LogP contribution in [-0.2, 0) is 82.6 Å². The number of alkyl halides is 4. The lowest BCUT2D eigenvalue weighted by molar-refractivity contribution is -0.454. The van der Waals surface area contributed by atoms with Crippen LogP contribution in [0.3, 0.4) is 0 Å². The predicted octanol–water partition coefficient (Wildman–Crippen LogP) is 2.39. The highest BCUT2D eigenvalue weighted by molar-refractivity contribution is 4.69. The summed E-state index contributed by atoms with van der Waals surface area (Å²) >= 11 is 0. The van der Waals surface area contributed by atoms with Crippen LogP contribution < -0.4 is 0 Å². The van der Waals surface area contributed by atoms with E-state index in [9.17, 15) is 35.7 Å². The van der Waals surface area contributed by atoms with Crippen LogP contribution in [0.1, 0.15) is 0 Å². The van der Waals surface area contributed by atoms with E-state index in [4.69, 9.17) is 23.7 Å². The number of hydrogen-bond donors (Lipinski definition) is 0. The van der Waals surface area contributed by atoms with Crippen LogP contribution in [0, 0.1) is 0 Å². The molecule has 0 heterocycles. The second-order valence-electron chi connectivity index (χ2n) is 8.51. The molecule has 17 nitrogen and oxygen atoms in total. The van der Waals surface area contributed by atoms with E-state index in [1.807, 2.05) is 0 Å². The molecule has 0 radical (unpaired) electrons. The lowest BCUT2D eigenvalue weighted by atomic mass is 10.3. The minimum atomic E-state index is -1.28. The molecule has 0 aromatic rings. The summed E-state index contributed by atoms with van der Waals surface area (Å²) in [5, 5.41) is 12.0. The van der Waals surface area contributed by atoms with Gasteiger partial charge in [0.15, 0.2) is 27.4 Å². The van der Waals surface area contributed by atoms with Crippen LogP contribution in [0.15, 0.2) is 0 Å². The molecule has 0 atom stereocenters. The third kappa shape index (κ3) is 27.3. The van der Waals surface area contributed by atoms with E-state index in [-0.39, 0.29) is 26.4 Å². The molecule has 0 saturated carbocycles. The van der Waals surface area contributed by atoms with E-state index in [0.717, 1.165) is 0 Å². The molecule has 0 N–H and O–H groups in total. The van der Waals surface area contributed by atoms with E-state index < -0.39 is 117 Å². The Labute approximate surface area is 262 Å². The number of ether oxygens (including phenoxy) is 9. The minimum Gasteiger partial charge on any atom is -0.371 e. The van der Waals surface area contributed by atoms with Gasteiger partial charge in [-0.2, -0.15) is 19.6 Å². The van der Waals surface area contributed by atoms with Gasteiger partial charge in [-0.3, -0.25) is 0 Å². The first kappa shape index (κ1) is 45.8.